The van der Waals surface area contributed by atoms with Gasteiger partial charge < -0.3 is 0 Å². The van der Waals surface area contributed by atoms with Gasteiger partial charge in [-0.3, -0.25) is 0 Å². The van der Waals surface area contributed by atoms with Crippen molar-refractivity contribution in [3.63, 3.8) is 0 Å². The van der Waals surface area contributed by atoms with Crippen molar-refractivity contribution < 1.29 is 12.3 Å². The summed E-state index contributed by atoms with van der Waals surface area (Å²) < 4.78 is 33.5. The van der Waals surface area contributed by atoms with Crippen LogP contribution in [0.25, 0.3) is 0 Å². The summed E-state index contributed by atoms with van der Waals surface area (Å²) in [4.78, 5) is 0. The van der Waals surface area contributed by atoms with Crippen molar-refractivity contribution in [3.8, 4) is 0 Å². The highest BCUT2D eigenvalue weighted by molar-refractivity contribution is 9.13. The lowest BCUT2D eigenvalue weighted by Gasteiger charge is -1.88. The van der Waals surface area contributed by atoms with Gasteiger partial charge in [-0.05, 0) is 31.9 Å². The zero-order valence-electron chi connectivity index (χ0n) is 4.84. The van der Waals surface area contributed by atoms with Crippen molar-refractivity contribution in [1.29, 1.82) is 0 Å². The molecule has 0 saturated carbocycles. The van der Waals surface area contributed by atoms with Gasteiger partial charge in [0.2, 0.25) is 0 Å². The van der Waals surface area contributed by atoms with Crippen LogP contribution in [0, 0.1) is 0 Å². The second-order valence-corrected chi connectivity index (χ2v) is 5.69. The number of hydrogen-bond donors (Lipinski definition) is 0. The summed E-state index contributed by atoms with van der Waals surface area (Å²) in [6.45, 7) is 0. The maximum absolute atomic E-state index is 12.3. The molecule has 0 N–H and O–H groups in total. The molecule has 0 bridgehead atoms. The van der Waals surface area contributed by atoms with Crippen LogP contribution >= 0.6 is 43.2 Å². The molecule has 1 rings (SSSR count). The van der Waals surface area contributed by atoms with Crippen LogP contribution in [0.3, 0.4) is 0 Å². The maximum atomic E-state index is 12.3. The van der Waals surface area contributed by atoms with Gasteiger partial charge in [-0.25, -0.2) is 0 Å². The first-order valence-corrected chi connectivity index (χ1v) is 6.15. The summed E-state index contributed by atoms with van der Waals surface area (Å²) in [5.74, 6) is 0. The van der Waals surface area contributed by atoms with Crippen LogP contribution < -0.4 is 0 Å². The molecule has 0 aliphatic rings. The molecule has 0 saturated heterocycles. The van der Waals surface area contributed by atoms with E-state index in [4.69, 9.17) is 0 Å². The summed E-state index contributed by atoms with van der Waals surface area (Å²) in [7, 11) is -4.57. The first-order chi connectivity index (χ1) is 4.93. The lowest BCUT2D eigenvalue weighted by Crippen LogP contribution is -1.87. The van der Waals surface area contributed by atoms with E-state index in [0.29, 0.717) is 4.47 Å². The van der Waals surface area contributed by atoms with Gasteiger partial charge in [-0.1, -0.05) is 3.89 Å². The van der Waals surface area contributed by atoms with E-state index in [-0.39, 0.29) is 8.68 Å². The highest BCUT2D eigenvalue weighted by Crippen LogP contribution is 2.36. The van der Waals surface area contributed by atoms with Crippen molar-refractivity contribution in [3.05, 3.63) is 14.3 Å². The summed E-state index contributed by atoms with van der Waals surface area (Å²) in [6.07, 6.45) is 0. The smallest absolute Gasteiger partial charge is 0.188 e. The minimum atomic E-state index is -4.57. The van der Waals surface area contributed by atoms with Crippen LogP contribution in [0.2, 0.25) is 0 Å². The summed E-state index contributed by atoms with van der Waals surface area (Å²) in [6, 6.07) is 0. The van der Waals surface area contributed by atoms with E-state index in [1.54, 1.807) is 0 Å². The molecule has 0 aliphatic heterocycles. The van der Waals surface area contributed by atoms with Gasteiger partial charge in [-0.15, -0.1) is 11.3 Å². The molecule has 0 aliphatic carbocycles. The minimum Gasteiger partial charge on any atom is -0.188 e. The molecule has 0 atom stereocenters. The Kier molecular flexibility index (Phi) is 2.73. The van der Waals surface area contributed by atoms with E-state index >= 15 is 0 Å². The molecule has 0 unspecified atom stereocenters. The Labute approximate surface area is 83.9 Å². The lowest BCUT2D eigenvalue weighted by molar-refractivity contribution is 0.554. The van der Waals surface area contributed by atoms with Crippen LogP contribution in [-0.2, 0) is 10.2 Å². The quantitative estimate of drug-likeness (QED) is 0.745. The van der Waals surface area contributed by atoms with Gasteiger partial charge >= 0.3 is 10.2 Å². The van der Waals surface area contributed by atoms with Gasteiger partial charge in [0.15, 0.2) is 4.21 Å². The van der Waals surface area contributed by atoms with E-state index in [1.165, 1.54) is 5.38 Å². The third-order valence-electron chi connectivity index (χ3n) is 0.880. The Balaban J connectivity index is 3.38. The molecule has 1 aromatic rings. The predicted octanol–water partition coefficient (Wildman–Crippen LogP) is 2.93. The van der Waals surface area contributed by atoms with Gasteiger partial charge in [-0.2, -0.15) is 8.42 Å². The SMILES string of the molecule is O=S(=O)(F)c1scc(Br)c1Br. The maximum Gasteiger partial charge on any atom is 0.342 e. The highest BCUT2D eigenvalue weighted by Gasteiger charge is 2.20. The topological polar surface area (TPSA) is 34.1 Å². The standard InChI is InChI=1S/C4HBr2FO2S2/c5-2-1-10-4(3(2)6)11(7,8)9/h1H. The Bertz CT molecular complexity index is 369. The zero-order chi connectivity index (χ0) is 8.65. The van der Waals surface area contributed by atoms with Crippen LogP contribution in [0.1, 0.15) is 0 Å². The molecular formula is C4HBr2FO2S2. The Morgan fingerprint density at radius 1 is 1.45 bits per heavy atom. The molecule has 0 fully saturated rings. The fourth-order valence-electron chi connectivity index (χ4n) is 0.471. The fourth-order valence-corrected chi connectivity index (χ4v) is 3.81. The van der Waals surface area contributed by atoms with E-state index in [2.05, 4.69) is 31.9 Å². The van der Waals surface area contributed by atoms with Crippen molar-refractivity contribution in [2.24, 2.45) is 0 Å². The van der Waals surface area contributed by atoms with Gasteiger partial charge in [0.25, 0.3) is 0 Å². The van der Waals surface area contributed by atoms with Crippen molar-refractivity contribution in [2.75, 3.05) is 0 Å². The normalized spacial score (nSPS) is 11.9. The predicted molar refractivity (Wildman–Crippen MR) is 48.0 cm³/mol. The Morgan fingerprint density at radius 3 is 2.18 bits per heavy atom. The van der Waals surface area contributed by atoms with Crippen LogP contribution in [0.4, 0.5) is 3.89 Å². The largest absolute Gasteiger partial charge is 0.342 e. The molecule has 0 radical (unpaired) electrons. The summed E-state index contributed by atoms with van der Waals surface area (Å²) in [5.41, 5.74) is 0. The average molecular weight is 324 g/mol. The fraction of sp³-hybridized carbons (Fsp3) is 0. The van der Waals surface area contributed by atoms with E-state index < -0.39 is 10.2 Å². The van der Waals surface area contributed by atoms with Crippen LogP contribution in [0.15, 0.2) is 18.5 Å². The van der Waals surface area contributed by atoms with Gasteiger partial charge in [0.05, 0.1) is 4.47 Å². The second-order valence-electron chi connectivity index (χ2n) is 1.62. The summed E-state index contributed by atoms with van der Waals surface area (Å²) >= 11 is 6.80. The molecule has 1 heterocycles. The van der Waals surface area contributed by atoms with E-state index in [0.717, 1.165) is 11.3 Å². The number of hydrogen-bond acceptors (Lipinski definition) is 3. The zero-order valence-corrected chi connectivity index (χ0v) is 9.65. The molecular weight excluding hydrogens is 323 g/mol. The molecule has 7 heteroatoms. The van der Waals surface area contributed by atoms with Crippen molar-refractivity contribution >= 4 is 53.4 Å². The molecule has 0 spiro atoms. The number of rotatable bonds is 1. The first kappa shape index (κ1) is 9.63. The second kappa shape index (κ2) is 3.12. The number of halogens is 3. The van der Waals surface area contributed by atoms with E-state index in [1.807, 2.05) is 0 Å². The monoisotopic (exact) mass is 322 g/mol. The molecule has 1 aromatic heterocycles. The Hall–Kier alpha value is 0.540. The minimum absolute atomic E-state index is 0.241. The molecule has 0 aromatic carbocycles. The summed E-state index contributed by atoms with van der Waals surface area (Å²) in [5, 5.41) is 1.50. The third-order valence-corrected chi connectivity index (χ3v) is 5.99. The van der Waals surface area contributed by atoms with Crippen LogP contribution in [0.5, 0.6) is 0 Å². The Morgan fingerprint density at radius 2 is 2.00 bits per heavy atom. The van der Waals surface area contributed by atoms with Gasteiger partial charge in [0, 0.05) is 9.85 Å². The molecule has 0 amide bonds. The highest BCUT2D eigenvalue weighted by atomic mass is 79.9. The average Bonchev–Trinajstić information content (AvgIpc) is 2.11. The van der Waals surface area contributed by atoms with Crippen LogP contribution in [-0.4, -0.2) is 8.42 Å². The molecule has 62 valence electrons. The first-order valence-electron chi connectivity index (χ1n) is 2.30. The van der Waals surface area contributed by atoms with Gasteiger partial charge in [0.1, 0.15) is 0 Å². The molecule has 2 nitrogen and oxygen atoms in total. The lowest BCUT2D eigenvalue weighted by atomic mass is 10.7. The van der Waals surface area contributed by atoms with E-state index in [9.17, 15) is 12.3 Å². The van der Waals surface area contributed by atoms with Crippen molar-refractivity contribution in [2.45, 2.75) is 4.21 Å². The number of thiophene rings is 1. The third kappa shape index (κ3) is 2.01. The molecule has 11 heavy (non-hydrogen) atoms. The van der Waals surface area contributed by atoms with Crippen molar-refractivity contribution in [1.82, 2.24) is 0 Å².